The molecule has 2 aliphatic heterocycles. The van der Waals surface area contributed by atoms with Gasteiger partial charge >= 0.3 is 12.3 Å². The summed E-state index contributed by atoms with van der Waals surface area (Å²) >= 11 is 1.50. The molecule has 2 aromatic rings. The van der Waals surface area contributed by atoms with Crippen LogP contribution in [0.4, 0.5) is 29.3 Å². The number of unbranched alkanes of at least 4 members (excludes halogenated alkanes) is 1. The van der Waals surface area contributed by atoms with Crippen molar-refractivity contribution in [2.75, 3.05) is 37.6 Å². The van der Waals surface area contributed by atoms with E-state index in [2.05, 4.69) is 16.1 Å². The maximum atomic E-state index is 13.4. The number of para-hydroxylation sites is 1. The zero-order valence-corrected chi connectivity index (χ0v) is 21.8. The monoisotopic (exact) mass is 531 g/mol. The topological polar surface area (TPSA) is 44.8 Å². The first-order valence-corrected chi connectivity index (χ1v) is 13.5. The molecule has 0 atom stereocenters. The van der Waals surface area contributed by atoms with Crippen LogP contribution >= 0.6 is 11.8 Å². The van der Waals surface area contributed by atoms with Crippen molar-refractivity contribution in [2.24, 2.45) is 0 Å². The molecule has 4 rings (SSSR count). The highest BCUT2D eigenvalue weighted by molar-refractivity contribution is 7.99. The van der Waals surface area contributed by atoms with E-state index in [0.717, 1.165) is 47.4 Å². The van der Waals surface area contributed by atoms with E-state index in [-0.39, 0.29) is 0 Å². The van der Waals surface area contributed by atoms with Gasteiger partial charge in [-0.15, -0.1) is 6.42 Å². The molecule has 9 heteroatoms. The number of piperidine rings is 1. The van der Waals surface area contributed by atoms with E-state index in [1.807, 2.05) is 36.1 Å². The molecule has 0 bridgehead atoms. The Kier molecular flexibility index (Phi) is 8.60. The Morgan fingerprint density at radius 3 is 2.54 bits per heavy atom. The number of likely N-dealkylation sites (tertiary alicyclic amines) is 1. The van der Waals surface area contributed by atoms with Gasteiger partial charge in [-0.05, 0) is 49.7 Å². The third-order valence-electron chi connectivity index (χ3n) is 6.82. The fraction of sp³-hybridized carbons (Fsp3) is 0.464. The van der Waals surface area contributed by atoms with Gasteiger partial charge in [0.25, 0.3) is 0 Å². The second kappa shape index (κ2) is 11.7. The first-order chi connectivity index (χ1) is 17.7. The maximum Gasteiger partial charge on any atom is 0.416 e. The summed E-state index contributed by atoms with van der Waals surface area (Å²) in [5.74, 6) is 2.69. The summed E-state index contributed by atoms with van der Waals surface area (Å²) in [7, 11) is 0. The van der Waals surface area contributed by atoms with E-state index in [9.17, 15) is 18.0 Å². The molecule has 5 nitrogen and oxygen atoms in total. The van der Waals surface area contributed by atoms with Gasteiger partial charge in [-0.2, -0.15) is 13.2 Å². The number of nitrogens with zero attached hydrogens (tertiary/aromatic N) is 2. The Balaban J connectivity index is 1.37. The first kappa shape index (κ1) is 27.2. The standard InChI is InChI=1S/C28H32F3N3O2S/c1-3-5-15-32-26(35)36-27(4-2)13-18-33(19-14-27)16-8-17-34-22-9-6-7-10-24(22)37-25-12-11-21(20-23(25)34)28(29,30)31/h2,6-7,9-12,20H,3,5,8,13-19H2,1H3,(H,32,35). The molecular weight excluding hydrogens is 499 g/mol. The van der Waals surface area contributed by atoms with E-state index >= 15 is 0 Å². The average molecular weight is 532 g/mol. The normalized spacial score (nSPS) is 16.9. The average Bonchev–Trinajstić information content (AvgIpc) is 2.88. The maximum absolute atomic E-state index is 13.4. The molecular formula is C28H32F3N3O2S. The summed E-state index contributed by atoms with van der Waals surface area (Å²) in [6, 6.07) is 11.8. The highest BCUT2D eigenvalue weighted by Gasteiger charge is 2.37. The minimum absolute atomic E-state index is 0.474. The summed E-state index contributed by atoms with van der Waals surface area (Å²) in [5.41, 5.74) is -0.0302. The number of hydrogen-bond donors (Lipinski definition) is 1. The lowest BCUT2D eigenvalue weighted by Crippen LogP contribution is -2.48. The molecule has 2 aromatic carbocycles. The number of rotatable bonds is 8. The molecule has 1 fully saturated rings. The zero-order valence-electron chi connectivity index (χ0n) is 20.9. The first-order valence-electron chi connectivity index (χ1n) is 12.7. The molecule has 0 spiro atoms. The molecule has 37 heavy (non-hydrogen) atoms. The van der Waals surface area contributed by atoms with Gasteiger partial charge in [0.15, 0.2) is 5.60 Å². The van der Waals surface area contributed by atoms with Crippen LogP contribution < -0.4 is 10.2 Å². The van der Waals surface area contributed by atoms with E-state index in [1.165, 1.54) is 17.8 Å². The van der Waals surface area contributed by atoms with Gasteiger partial charge < -0.3 is 19.9 Å². The van der Waals surface area contributed by atoms with E-state index in [4.69, 9.17) is 11.2 Å². The van der Waals surface area contributed by atoms with Gasteiger partial charge in [0, 0.05) is 48.8 Å². The summed E-state index contributed by atoms with van der Waals surface area (Å²) in [4.78, 5) is 18.3. The van der Waals surface area contributed by atoms with E-state index in [0.29, 0.717) is 44.7 Å². The van der Waals surface area contributed by atoms with Crippen molar-refractivity contribution in [3.8, 4) is 12.3 Å². The predicted molar refractivity (Wildman–Crippen MR) is 140 cm³/mol. The molecule has 0 unspecified atom stereocenters. The number of alkyl halides is 3. The molecule has 0 aromatic heterocycles. The smallest absolute Gasteiger partial charge is 0.416 e. The number of ether oxygens (including phenoxy) is 1. The minimum atomic E-state index is -4.39. The Hall–Kier alpha value is -2.83. The van der Waals surface area contributed by atoms with Crippen molar-refractivity contribution in [1.29, 1.82) is 0 Å². The number of halogens is 3. The second-order valence-electron chi connectivity index (χ2n) is 9.41. The Labute approximate surface area is 220 Å². The van der Waals surface area contributed by atoms with Gasteiger partial charge in [-0.3, -0.25) is 0 Å². The quantitative estimate of drug-likeness (QED) is 0.304. The van der Waals surface area contributed by atoms with Crippen LogP contribution in [-0.4, -0.2) is 49.3 Å². The number of carbonyl (C=O) groups is 1. The molecule has 0 saturated carbocycles. The Morgan fingerprint density at radius 1 is 1.11 bits per heavy atom. The van der Waals surface area contributed by atoms with Crippen LogP contribution in [-0.2, 0) is 10.9 Å². The number of nitrogens with one attached hydrogen (secondary N) is 1. The number of carbonyl (C=O) groups excluding carboxylic acids is 1. The highest BCUT2D eigenvalue weighted by atomic mass is 32.2. The van der Waals surface area contributed by atoms with Crippen LogP contribution in [0.5, 0.6) is 0 Å². The summed E-state index contributed by atoms with van der Waals surface area (Å²) in [6.45, 7) is 5.34. The van der Waals surface area contributed by atoms with Crippen molar-refractivity contribution in [1.82, 2.24) is 10.2 Å². The van der Waals surface area contributed by atoms with Crippen LogP contribution in [0, 0.1) is 12.3 Å². The minimum Gasteiger partial charge on any atom is -0.430 e. The molecule has 198 valence electrons. The molecule has 1 N–H and O–H groups in total. The fourth-order valence-electron chi connectivity index (χ4n) is 4.69. The van der Waals surface area contributed by atoms with Gasteiger partial charge in [0.1, 0.15) is 0 Å². The van der Waals surface area contributed by atoms with Crippen LogP contribution in [0.3, 0.4) is 0 Å². The van der Waals surface area contributed by atoms with Crippen molar-refractivity contribution < 1.29 is 22.7 Å². The number of terminal acetylenes is 1. The number of amides is 1. The van der Waals surface area contributed by atoms with Crippen molar-refractivity contribution >= 4 is 29.2 Å². The number of alkyl carbamates (subject to hydrolysis) is 1. The molecule has 1 amide bonds. The number of hydrogen-bond acceptors (Lipinski definition) is 5. The van der Waals surface area contributed by atoms with E-state index in [1.54, 1.807) is 6.07 Å². The number of fused-ring (bicyclic) bond motifs is 2. The third-order valence-corrected chi connectivity index (χ3v) is 7.95. The third kappa shape index (κ3) is 6.55. The highest BCUT2D eigenvalue weighted by Crippen LogP contribution is 2.49. The fourth-order valence-corrected chi connectivity index (χ4v) is 5.77. The Bertz CT molecular complexity index is 1140. The van der Waals surface area contributed by atoms with Gasteiger partial charge in [0.2, 0.25) is 0 Å². The number of benzene rings is 2. The summed E-state index contributed by atoms with van der Waals surface area (Å²) in [6.07, 6.45) is 4.60. The van der Waals surface area contributed by atoms with Crippen LogP contribution in [0.25, 0.3) is 0 Å². The van der Waals surface area contributed by atoms with Crippen LogP contribution in [0.2, 0.25) is 0 Å². The molecule has 0 radical (unpaired) electrons. The SMILES string of the molecule is C#CC1(OC(=O)NCCCC)CCN(CCCN2c3ccccc3Sc3ccc(C(F)(F)F)cc32)CC1. The van der Waals surface area contributed by atoms with Crippen molar-refractivity contribution in [2.45, 2.75) is 60.6 Å². The summed E-state index contributed by atoms with van der Waals surface area (Å²) < 4.78 is 46.0. The molecule has 2 aliphatic rings. The van der Waals surface area contributed by atoms with E-state index < -0.39 is 23.4 Å². The van der Waals surface area contributed by atoms with Gasteiger partial charge in [-0.1, -0.05) is 43.2 Å². The summed E-state index contributed by atoms with van der Waals surface area (Å²) in [5, 5.41) is 2.75. The van der Waals surface area contributed by atoms with Crippen LogP contribution in [0.15, 0.2) is 52.3 Å². The lowest BCUT2D eigenvalue weighted by molar-refractivity contribution is -0.137. The lowest BCUT2D eigenvalue weighted by Gasteiger charge is -2.38. The Morgan fingerprint density at radius 2 is 1.84 bits per heavy atom. The van der Waals surface area contributed by atoms with Crippen molar-refractivity contribution in [3.63, 3.8) is 0 Å². The van der Waals surface area contributed by atoms with Gasteiger partial charge in [0.05, 0.1) is 16.9 Å². The van der Waals surface area contributed by atoms with Crippen LogP contribution in [0.1, 0.15) is 44.6 Å². The molecule has 2 heterocycles. The lowest BCUT2D eigenvalue weighted by atomic mass is 9.92. The molecule has 1 saturated heterocycles. The van der Waals surface area contributed by atoms with Crippen molar-refractivity contribution in [3.05, 3.63) is 48.0 Å². The number of anilines is 2. The second-order valence-corrected chi connectivity index (χ2v) is 10.5. The largest absolute Gasteiger partial charge is 0.430 e. The van der Waals surface area contributed by atoms with Gasteiger partial charge in [-0.25, -0.2) is 4.79 Å². The zero-order chi connectivity index (χ0) is 26.5. The predicted octanol–water partition coefficient (Wildman–Crippen LogP) is 6.69. The molecule has 0 aliphatic carbocycles.